The van der Waals surface area contributed by atoms with Crippen molar-refractivity contribution in [3.63, 3.8) is 0 Å². The van der Waals surface area contributed by atoms with Crippen LogP contribution in [-0.4, -0.2) is 66.0 Å². The number of carbonyl (C=O) groups excluding carboxylic acids is 2. The average Bonchev–Trinajstić information content (AvgIpc) is 3.43. The molecule has 7 nitrogen and oxygen atoms in total. The van der Waals surface area contributed by atoms with E-state index >= 15 is 0 Å². The van der Waals surface area contributed by atoms with E-state index in [4.69, 9.17) is 9.15 Å². The van der Waals surface area contributed by atoms with Gasteiger partial charge in [0.15, 0.2) is 11.5 Å². The molecule has 32 heavy (non-hydrogen) atoms. The lowest BCUT2D eigenvalue weighted by atomic mass is 9.93. The minimum atomic E-state index is -0.647. The third kappa shape index (κ3) is 4.49. The van der Waals surface area contributed by atoms with E-state index in [1.165, 1.54) is 11.8 Å². The minimum Gasteiger partial charge on any atom is -0.503 e. The molecule has 1 saturated heterocycles. The van der Waals surface area contributed by atoms with Crippen molar-refractivity contribution < 1.29 is 23.8 Å². The average molecular weight is 439 g/mol. The molecule has 0 aliphatic carbocycles. The standard InChI is InChI=1S/C25H30N2O5/c1-17(2)18-6-8-19(9-7-18)22-21(23(28)20-5-3-14-32-20)24(29)25(30)27(22)11-4-10-26-12-15-31-16-13-26/h3,5-9,14,17,22,29H,4,10-13,15-16H2,1-2H3/t22-/m0/s1. The van der Waals surface area contributed by atoms with E-state index in [0.717, 1.165) is 44.8 Å². The molecule has 1 amide bonds. The normalized spacial score (nSPS) is 19.9. The van der Waals surface area contributed by atoms with E-state index in [-0.39, 0.29) is 11.3 Å². The molecular weight excluding hydrogens is 408 g/mol. The molecule has 0 spiro atoms. The van der Waals surface area contributed by atoms with Gasteiger partial charge in [0.05, 0.1) is 31.1 Å². The summed E-state index contributed by atoms with van der Waals surface area (Å²) in [4.78, 5) is 30.1. The van der Waals surface area contributed by atoms with Crippen LogP contribution in [0.5, 0.6) is 0 Å². The molecule has 1 fully saturated rings. The largest absolute Gasteiger partial charge is 0.503 e. The zero-order valence-electron chi connectivity index (χ0n) is 18.6. The van der Waals surface area contributed by atoms with Crippen LogP contribution in [0, 0.1) is 0 Å². The summed E-state index contributed by atoms with van der Waals surface area (Å²) < 4.78 is 10.7. The molecule has 1 N–H and O–H groups in total. The molecule has 1 aromatic carbocycles. The number of morpholine rings is 1. The van der Waals surface area contributed by atoms with Gasteiger partial charge in [-0.25, -0.2) is 0 Å². The Labute approximate surface area is 188 Å². The number of furan rings is 1. The molecule has 2 aliphatic rings. The van der Waals surface area contributed by atoms with Gasteiger partial charge >= 0.3 is 0 Å². The summed E-state index contributed by atoms with van der Waals surface area (Å²) in [5.41, 5.74) is 2.05. The van der Waals surface area contributed by atoms with Gasteiger partial charge in [-0.15, -0.1) is 0 Å². The Balaban J connectivity index is 1.60. The molecule has 1 atom stereocenters. The van der Waals surface area contributed by atoms with Crippen LogP contribution in [0.2, 0.25) is 0 Å². The summed E-state index contributed by atoms with van der Waals surface area (Å²) in [6.45, 7) is 8.68. The van der Waals surface area contributed by atoms with Crippen LogP contribution in [0.3, 0.4) is 0 Å². The minimum absolute atomic E-state index is 0.0774. The van der Waals surface area contributed by atoms with Gasteiger partial charge in [-0.3, -0.25) is 14.5 Å². The first-order chi connectivity index (χ1) is 15.5. The fraction of sp³-hybridized carbons (Fsp3) is 0.440. The van der Waals surface area contributed by atoms with E-state index in [0.29, 0.717) is 12.5 Å². The van der Waals surface area contributed by atoms with Crippen molar-refractivity contribution in [2.24, 2.45) is 0 Å². The molecule has 0 saturated carbocycles. The predicted molar refractivity (Wildman–Crippen MR) is 120 cm³/mol. The van der Waals surface area contributed by atoms with Crippen LogP contribution >= 0.6 is 0 Å². The topological polar surface area (TPSA) is 83.2 Å². The SMILES string of the molecule is CC(C)c1ccc([C@H]2C(C(=O)c3ccco3)=C(O)C(=O)N2CCCN2CCOCC2)cc1. The first kappa shape index (κ1) is 22.3. The lowest BCUT2D eigenvalue weighted by molar-refractivity contribution is -0.129. The highest BCUT2D eigenvalue weighted by Crippen LogP contribution is 2.39. The Morgan fingerprint density at radius 1 is 1.12 bits per heavy atom. The van der Waals surface area contributed by atoms with Crippen LogP contribution in [0.1, 0.15) is 53.9 Å². The van der Waals surface area contributed by atoms with Crippen molar-refractivity contribution in [1.82, 2.24) is 9.80 Å². The maximum Gasteiger partial charge on any atom is 0.290 e. The van der Waals surface area contributed by atoms with E-state index < -0.39 is 23.5 Å². The van der Waals surface area contributed by atoms with Crippen LogP contribution in [-0.2, 0) is 9.53 Å². The van der Waals surface area contributed by atoms with E-state index in [2.05, 4.69) is 18.7 Å². The predicted octanol–water partition coefficient (Wildman–Crippen LogP) is 3.70. The first-order valence-corrected chi connectivity index (χ1v) is 11.2. The van der Waals surface area contributed by atoms with Crippen molar-refractivity contribution in [3.05, 3.63) is 70.9 Å². The maximum atomic E-state index is 13.2. The number of hydrogen-bond acceptors (Lipinski definition) is 6. The fourth-order valence-corrected chi connectivity index (χ4v) is 4.36. The second-order valence-corrected chi connectivity index (χ2v) is 8.60. The van der Waals surface area contributed by atoms with Crippen LogP contribution in [0.4, 0.5) is 0 Å². The van der Waals surface area contributed by atoms with Gasteiger partial charge in [-0.2, -0.15) is 0 Å². The lowest BCUT2D eigenvalue weighted by Crippen LogP contribution is -2.39. The molecule has 1 aromatic heterocycles. The Morgan fingerprint density at radius 2 is 1.84 bits per heavy atom. The van der Waals surface area contributed by atoms with Crippen molar-refractivity contribution in [1.29, 1.82) is 0 Å². The number of aliphatic hydroxyl groups excluding tert-OH is 1. The van der Waals surface area contributed by atoms with E-state index in [1.54, 1.807) is 17.0 Å². The molecule has 0 unspecified atom stereocenters. The smallest absolute Gasteiger partial charge is 0.290 e. The number of ether oxygens (including phenoxy) is 1. The number of nitrogens with zero attached hydrogens (tertiary/aromatic N) is 2. The highest BCUT2D eigenvalue weighted by Gasteiger charge is 2.44. The second-order valence-electron chi connectivity index (χ2n) is 8.60. The maximum absolute atomic E-state index is 13.2. The lowest BCUT2D eigenvalue weighted by Gasteiger charge is -2.30. The molecule has 3 heterocycles. The van der Waals surface area contributed by atoms with Gasteiger partial charge < -0.3 is 19.2 Å². The molecule has 0 bridgehead atoms. The highest BCUT2D eigenvalue weighted by atomic mass is 16.5. The number of amides is 1. The number of aliphatic hydroxyl groups is 1. The van der Waals surface area contributed by atoms with Crippen molar-refractivity contribution in [2.75, 3.05) is 39.4 Å². The number of carbonyl (C=O) groups is 2. The summed E-state index contributed by atoms with van der Waals surface area (Å²) in [5.74, 6) is -0.990. The van der Waals surface area contributed by atoms with Crippen LogP contribution in [0.25, 0.3) is 0 Å². The zero-order valence-corrected chi connectivity index (χ0v) is 18.6. The third-order valence-electron chi connectivity index (χ3n) is 6.19. The van der Waals surface area contributed by atoms with E-state index in [9.17, 15) is 14.7 Å². The summed E-state index contributed by atoms with van der Waals surface area (Å²) in [6, 6.07) is 10.4. The van der Waals surface area contributed by atoms with E-state index in [1.807, 2.05) is 24.3 Å². The molecule has 2 aliphatic heterocycles. The molecule has 2 aromatic rings. The van der Waals surface area contributed by atoms with Crippen LogP contribution in [0.15, 0.2) is 58.4 Å². The number of hydrogen-bond donors (Lipinski definition) is 1. The van der Waals surface area contributed by atoms with Gasteiger partial charge in [0.25, 0.3) is 5.91 Å². The Kier molecular flexibility index (Phi) is 6.77. The molecule has 0 radical (unpaired) electrons. The molecule has 4 rings (SSSR count). The summed E-state index contributed by atoms with van der Waals surface area (Å²) in [7, 11) is 0. The second kappa shape index (κ2) is 9.71. The Hall–Kier alpha value is -2.90. The molecule has 7 heteroatoms. The van der Waals surface area contributed by atoms with Crippen molar-refractivity contribution in [3.8, 4) is 0 Å². The number of Topliss-reactive ketones (excluding diaryl/α,β-unsaturated/α-hetero) is 1. The fourth-order valence-electron chi connectivity index (χ4n) is 4.36. The molecule has 170 valence electrons. The summed E-state index contributed by atoms with van der Waals surface area (Å²) in [5, 5.41) is 10.7. The monoisotopic (exact) mass is 438 g/mol. The third-order valence-corrected chi connectivity index (χ3v) is 6.19. The van der Waals surface area contributed by atoms with Gasteiger partial charge in [0.1, 0.15) is 0 Å². The van der Waals surface area contributed by atoms with Gasteiger partial charge in [-0.1, -0.05) is 38.1 Å². The van der Waals surface area contributed by atoms with Crippen LogP contribution < -0.4 is 0 Å². The number of rotatable bonds is 8. The van der Waals surface area contributed by atoms with Gasteiger partial charge in [0, 0.05) is 26.2 Å². The summed E-state index contributed by atoms with van der Waals surface area (Å²) >= 11 is 0. The van der Waals surface area contributed by atoms with Crippen molar-refractivity contribution >= 4 is 11.7 Å². The van der Waals surface area contributed by atoms with Gasteiger partial charge in [0.2, 0.25) is 5.78 Å². The number of benzene rings is 1. The molecular formula is C25H30N2O5. The van der Waals surface area contributed by atoms with Crippen molar-refractivity contribution in [2.45, 2.75) is 32.2 Å². The number of ketones is 1. The first-order valence-electron chi connectivity index (χ1n) is 11.2. The summed E-state index contributed by atoms with van der Waals surface area (Å²) in [6.07, 6.45) is 2.15. The zero-order chi connectivity index (χ0) is 22.7. The van der Waals surface area contributed by atoms with Gasteiger partial charge in [-0.05, 0) is 35.6 Å². The highest BCUT2D eigenvalue weighted by molar-refractivity contribution is 6.15. The Morgan fingerprint density at radius 3 is 2.47 bits per heavy atom. The quantitative estimate of drug-likeness (QED) is 0.633. The Bertz CT molecular complexity index is 972.